The van der Waals surface area contributed by atoms with Gasteiger partial charge in [0.05, 0.1) is 7.11 Å². The van der Waals surface area contributed by atoms with Gasteiger partial charge in [0.15, 0.2) is 18.1 Å². The van der Waals surface area contributed by atoms with Crippen LogP contribution in [0.5, 0.6) is 11.5 Å². The lowest BCUT2D eigenvalue weighted by atomic mass is 9.93. The van der Waals surface area contributed by atoms with Crippen LogP contribution in [0, 0.1) is 5.41 Å². The zero-order valence-corrected chi connectivity index (χ0v) is 15.5. The van der Waals surface area contributed by atoms with E-state index >= 15 is 0 Å². The Kier molecular flexibility index (Phi) is 7.79. The summed E-state index contributed by atoms with van der Waals surface area (Å²) in [6, 6.07) is 5.66. The fourth-order valence-corrected chi connectivity index (χ4v) is 2.57. The molecule has 5 heteroatoms. The third-order valence-electron chi connectivity index (χ3n) is 3.48. The summed E-state index contributed by atoms with van der Waals surface area (Å²) in [5.74, 6) is 1.04. The molecule has 134 valence electrons. The maximum Gasteiger partial charge on any atom is 0.257 e. The summed E-state index contributed by atoms with van der Waals surface area (Å²) in [6.45, 7) is 9.43. The number of methoxy groups -OCH3 is 1. The lowest BCUT2D eigenvalue weighted by Gasteiger charge is -2.28. The molecule has 1 N–H and O–H groups in total. The van der Waals surface area contributed by atoms with Gasteiger partial charge in [-0.3, -0.25) is 4.79 Å². The van der Waals surface area contributed by atoms with Crippen LogP contribution in [0.4, 0.5) is 0 Å². The number of rotatable bonds is 10. The standard InChI is InChI=1S/C19H30N2O3/c1-7-8-15-9-10-16(17(11-15)23-6)24-12-18(22)20-13-19(2,3)14-21(4)5/h7,9-11H,1,8,12-14H2,2-6H3,(H,20,22). The number of benzene rings is 1. The molecule has 0 aromatic heterocycles. The Morgan fingerprint density at radius 3 is 2.62 bits per heavy atom. The van der Waals surface area contributed by atoms with Crippen LogP contribution in [0.1, 0.15) is 19.4 Å². The van der Waals surface area contributed by atoms with Crippen molar-refractivity contribution in [2.45, 2.75) is 20.3 Å². The molecular formula is C19H30N2O3. The minimum atomic E-state index is -0.140. The van der Waals surface area contributed by atoms with Crippen molar-refractivity contribution in [3.8, 4) is 11.5 Å². The predicted octanol–water partition coefficient (Wildman–Crippen LogP) is 2.51. The Bertz CT molecular complexity index is 554. The van der Waals surface area contributed by atoms with Crippen LogP contribution in [-0.4, -0.2) is 51.7 Å². The molecule has 0 unspecified atom stereocenters. The minimum absolute atomic E-state index is 0.00316. The second-order valence-electron chi connectivity index (χ2n) is 6.95. The topological polar surface area (TPSA) is 50.8 Å². The van der Waals surface area contributed by atoms with Crippen molar-refractivity contribution < 1.29 is 14.3 Å². The number of allylic oxidation sites excluding steroid dienone is 1. The largest absolute Gasteiger partial charge is 0.493 e. The summed E-state index contributed by atoms with van der Waals surface area (Å²) in [6.07, 6.45) is 2.59. The third-order valence-corrected chi connectivity index (χ3v) is 3.48. The summed E-state index contributed by atoms with van der Waals surface area (Å²) in [5.41, 5.74) is 1.09. The molecule has 0 atom stereocenters. The van der Waals surface area contributed by atoms with Gasteiger partial charge >= 0.3 is 0 Å². The van der Waals surface area contributed by atoms with Crippen molar-refractivity contribution in [1.29, 1.82) is 0 Å². The summed E-state index contributed by atoms with van der Waals surface area (Å²) < 4.78 is 10.9. The third kappa shape index (κ3) is 7.04. The van der Waals surface area contributed by atoms with E-state index in [2.05, 4.69) is 30.6 Å². The average molecular weight is 334 g/mol. The van der Waals surface area contributed by atoms with Gasteiger partial charge in [-0.25, -0.2) is 0 Å². The van der Waals surface area contributed by atoms with Gasteiger partial charge in [0, 0.05) is 13.1 Å². The first kappa shape index (κ1) is 20.0. The molecule has 1 aromatic rings. The number of ether oxygens (including phenoxy) is 2. The van der Waals surface area contributed by atoms with E-state index in [0.29, 0.717) is 18.0 Å². The molecule has 0 saturated carbocycles. The Hall–Kier alpha value is -2.01. The molecule has 0 saturated heterocycles. The number of carbonyl (C=O) groups excluding carboxylic acids is 1. The fraction of sp³-hybridized carbons (Fsp3) is 0.526. The van der Waals surface area contributed by atoms with Crippen molar-refractivity contribution in [3.63, 3.8) is 0 Å². The Balaban J connectivity index is 2.53. The van der Waals surface area contributed by atoms with Crippen molar-refractivity contribution in [2.75, 3.05) is 40.9 Å². The number of hydrogen-bond donors (Lipinski definition) is 1. The van der Waals surface area contributed by atoms with Gasteiger partial charge in [-0.1, -0.05) is 26.0 Å². The summed E-state index contributed by atoms with van der Waals surface area (Å²) in [4.78, 5) is 14.1. The van der Waals surface area contributed by atoms with Crippen LogP contribution in [0.15, 0.2) is 30.9 Å². The normalized spacial score (nSPS) is 11.2. The molecule has 1 rings (SSSR count). The van der Waals surface area contributed by atoms with E-state index in [1.807, 2.05) is 38.4 Å². The predicted molar refractivity (Wildman–Crippen MR) is 97.7 cm³/mol. The van der Waals surface area contributed by atoms with Gasteiger partial charge in [0.2, 0.25) is 0 Å². The molecule has 1 aromatic carbocycles. The molecular weight excluding hydrogens is 304 g/mol. The van der Waals surface area contributed by atoms with Crippen LogP contribution in [0.25, 0.3) is 0 Å². The number of nitrogens with one attached hydrogen (secondary N) is 1. The highest BCUT2D eigenvalue weighted by molar-refractivity contribution is 5.77. The van der Waals surface area contributed by atoms with Gasteiger partial charge in [-0.05, 0) is 43.6 Å². The highest BCUT2D eigenvalue weighted by atomic mass is 16.5. The SMILES string of the molecule is C=CCc1ccc(OCC(=O)NCC(C)(C)CN(C)C)c(OC)c1. The first-order valence-corrected chi connectivity index (χ1v) is 8.09. The van der Waals surface area contributed by atoms with Gasteiger partial charge in [0.25, 0.3) is 5.91 Å². The van der Waals surface area contributed by atoms with E-state index in [0.717, 1.165) is 18.5 Å². The quantitative estimate of drug-likeness (QED) is 0.668. The van der Waals surface area contributed by atoms with Crippen LogP contribution < -0.4 is 14.8 Å². The molecule has 24 heavy (non-hydrogen) atoms. The summed E-state index contributed by atoms with van der Waals surface area (Å²) in [5, 5.41) is 2.92. The highest BCUT2D eigenvalue weighted by Gasteiger charge is 2.20. The van der Waals surface area contributed by atoms with Gasteiger partial charge in [-0.2, -0.15) is 0 Å². The summed E-state index contributed by atoms with van der Waals surface area (Å²) in [7, 11) is 5.63. The first-order valence-electron chi connectivity index (χ1n) is 8.09. The van der Waals surface area contributed by atoms with Crippen molar-refractivity contribution in [2.24, 2.45) is 5.41 Å². The van der Waals surface area contributed by atoms with Crippen LogP contribution in [0.2, 0.25) is 0 Å². The Labute approximate surface area is 145 Å². The number of nitrogens with zero attached hydrogens (tertiary/aromatic N) is 1. The molecule has 0 radical (unpaired) electrons. The molecule has 0 heterocycles. The molecule has 0 bridgehead atoms. The van der Waals surface area contributed by atoms with Crippen LogP contribution in [0.3, 0.4) is 0 Å². The lowest BCUT2D eigenvalue weighted by Crippen LogP contribution is -2.41. The van der Waals surface area contributed by atoms with Crippen molar-refractivity contribution in [1.82, 2.24) is 10.2 Å². The van der Waals surface area contributed by atoms with E-state index in [4.69, 9.17) is 9.47 Å². The molecule has 0 aliphatic heterocycles. The van der Waals surface area contributed by atoms with Crippen molar-refractivity contribution >= 4 is 5.91 Å². The van der Waals surface area contributed by atoms with Gasteiger partial charge < -0.3 is 19.7 Å². The number of carbonyl (C=O) groups is 1. The van der Waals surface area contributed by atoms with Crippen LogP contribution >= 0.6 is 0 Å². The smallest absolute Gasteiger partial charge is 0.257 e. The average Bonchev–Trinajstić information content (AvgIpc) is 2.50. The molecule has 0 fully saturated rings. The fourth-order valence-electron chi connectivity index (χ4n) is 2.57. The van der Waals surface area contributed by atoms with E-state index in [1.165, 1.54) is 0 Å². The minimum Gasteiger partial charge on any atom is -0.493 e. The van der Waals surface area contributed by atoms with E-state index < -0.39 is 0 Å². The van der Waals surface area contributed by atoms with Crippen LogP contribution in [-0.2, 0) is 11.2 Å². The maximum absolute atomic E-state index is 12.0. The molecule has 1 amide bonds. The monoisotopic (exact) mass is 334 g/mol. The van der Waals surface area contributed by atoms with Gasteiger partial charge in [0.1, 0.15) is 0 Å². The van der Waals surface area contributed by atoms with Crippen molar-refractivity contribution in [3.05, 3.63) is 36.4 Å². The maximum atomic E-state index is 12.0. The molecule has 0 aliphatic carbocycles. The number of amides is 1. The Morgan fingerprint density at radius 2 is 2.04 bits per heavy atom. The Morgan fingerprint density at radius 1 is 1.33 bits per heavy atom. The van der Waals surface area contributed by atoms with Gasteiger partial charge in [-0.15, -0.1) is 6.58 Å². The zero-order chi connectivity index (χ0) is 18.2. The lowest BCUT2D eigenvalue weighted by molar-refractivity contribution is -0.123. The molecule has 5 nitrogen and oxygen atoms in total. The highest BCUT2D eigenvalue weighted by Crippen LogP contribution is 2.28. The second kappa shape index (κ2) is 9.33. The molecule has 0 aliphatic rings. The van der Waals surface area contributed by atoms with E-state index in [-0.39, 0.29) is 17.9 Å². The van der Waals surface area contributed by atoms with E-state index in [9.17, 15) is 4.79 Å². The summed E-state index contributed by atoms with van der Waals surface area (Å²) >= 11 is 0. The number of hydrogen-bond acceptors (Lipinski definition) is 4. The zero-order valence-electron chi connectivity index (χ0n) is 15.5. The van der Waals surface area contributed by atoms with E-state index in [1.54, 1.807) is 7.11 Å². The first-order chi connectivity index (χ1) is 11.3. The molecule has 0 spiro atoms. The second-order valence-corrected chi connectivity index (χ2v) is 6.95.